The standard InChI is InChI=1S/C18H28ClNO2/c1-2-4-15(14-6-8-17(19)9-7-14)11-20-10-3-5-16(12-21)18(20)13-22/h6-9,15-16,18,21-22H,2-5,10-13H2,1H3/t15?,16-,18?/m0/s1. The van der Waals surface area contributed by atoms with Crippen molar-refractivity contribution in [3.8, 4) is 0 Å². The van der Waals surface area contributed by atoms with Crippen molar-refractivity contribution < 1.29 is 10.2 Å². The lowest BCUT2D eigenvalue weighted by molar-refractivity contribution is 0.0170. The second-order valence-electron chi connectivity index (χ2n) is 6.37. The fraction of sp³-hybridized carbons (Fsp3) is 0.667. The zero-order chi connectivity index (χ0) is 15.9. The predicted octanol–water partition coefficient (Wildman–Crippen LogP) is 3.29. The lowest BCUT2D eigenvalue weighted by Crippen LogP contribution is -2.50. The van der Waals surface area contributed by atoms with Crippen LogP contribution in [0.5, 0.6) is 0 Å². The Morgan fingerprint density at radius 2 is 1.95 bits per heavy atom. The van der Waals surface area contributed by atoms with Crippen molar-refractivity contribution >= 4 is 11.6 Å². The monoisotopic (exact) mass is 325 g/mol. The predicted molar refractivity (Wildman–Crippen MR) is 91.4 cm³/mol. The van der Waals surface area contributed by atoms with Crippen LogP contribution in [-0.4, -0.2) is 47.5 Å². The molecule has 4 heteroatoms. The molecule has 0 saturated carbocycles. The molecule has 3 nitrogen and oxygen atoms in total. The zero-order valence-electron chi connectivity index (χ0n) is 13.4. The van der Waals surface area contributed by atoms with Crippen LogP contribution < -0.4 is 0 Å². The van der Waals surface area contributed by atoms with E-state index in [0.717, 1.165) is 43.8 Å². The summed E-state index contributed by atoms with van der Waals surface area (Å²) < 4.78 is 0. The molecule has 22 heavy (non-hydrogen) atoms. The Bertz CT molecular complexity index is 437. The smallest absolute Gasteiger partial charge is 0.0590 e. The molecule has 1 aromatic carbocycles. The number of nitrogens with zero attached hydrogens (tertiary/aromatic N) is 1. The van der Waals surface area contributed by atoms with Crippen molar-refractivity contribution in [1.82, 2.24) is 4.90 Å². The fourth-order valence-electron chi connectivity index (χ4n) is 3.65. The van der Waals surface area contributed by atoms with Gasteiger partial charge in [0, 0.05) is 24.2 Å². The van der Waals surface area contributed by atoms with Crippen LogP contribution in [0.15, 0.2) is 24.3 Å². The molecule has 0 spiro atoms. The van der Waals surface area contributed by atoms with Gasteiger partial charge in [0.05, 0.1) is 6.61 Å². The van der Waals surface area contributed by atoms with Gasteiger partial charge in [0.1, 0.15) is 0 Å². The molecule has 0 bridgehead atoms. The van der Waals surface area contributed by atoms with Gasteiger partial charge in [-0.05, 0) is 55.3 Å². The van der Waals surface area contributed by atoms with Crippen molar-refractivity contribution in [2.45, 2.75) is 44.6 Å². The molecule has 1 fully saturated rings. The van der Waals surface area contributed by atoms with Crippen LogP contribution in [-0.2, 0) is 0 Å². The topological polar surface area (TPSA) is 43.7 Å². The van der Waals surface area contributed by atoms with Gasteiger partial charge in [0.25, 0.3) is 0 Å². The summed E-state index contributed by atoms with van der Waals surface area (Å²) in [4.78, 5) is 2.37. The number of benzene rings is 1. The summed E-state index contributed by atoms with van der Waals surface area (Å²) in [5.74, 6) is 0.653. The number of hydrogen-bond acceptors (Lipinski definition) is 3. The first-order chi connectivity index (χ1) is 10.7. The molecule has 2 rings (SSSR count). The summed E-state index contributed by atoms with van der Waals surface area (Å²) in [5.41, 5.74) is 1.31. The van der Waals surface area contributed by atoms with Gasteiger partial charge in [0.15, 0.2) is 0 Å². The van der Waals surface area contributed by atoms with Crippen LogP contribution in [0.25, 0.3) is 0 Å². The second kappa shape index (κ2) is 8.88. The van der Waals surface area contributed by atoms with E-state index >= 15 is 0 Å². The van der Waals surface area contributed by atoms with Gasteiger partial charge in [-0.3, -0.25) is 4.90 Å². The van der Waals surface area contributed by atoms with Gasteiger partial charge in [-0.15, -0.1) is 0 Å². The Kier molecular flexibility index (Phi) is 7.16. The van der Waals surface area contributed by atoms with E-state index in [9.17, 15) is 10.2 Å². The summed E-state index contributed by atoms with van der Waals surface area (Å²) in [6.45, 7) is 4.46. The fourth-order valence-corrected chi connectivity index (χ4v) is 3.77. The molecule has 1 aliphatic rings. The minimum atomic E-state index is 0.0883. The summed E-state index contributed by atoms with van der Waals surface area (Å²) in [6.07, 6.45) is 4.37. The van der Waals surface area contributed by atoms with Gasteiger partial charge < -0.3 is 10.2 Å². The molecule has 2 N–H and O–H groups in total. The highest BCUT2D eigenvalue weighted by molar-refractivity contribution is 6.30. The highest BCUT2D eigenvalue weighted by Crippen LogP contribution is 2.29. The zero-order valence-corrected chi connectivity index (χ0v) is 14.2. The Morgan fingerprint density at radius 1 is 1.23 bits per heavy atom. The minimum absolute atomic E-state index is 0.0883. The molecule has 2 unspecified atom stereocenters. The number of aliphatic hydroxyl groups excluding tert-OH is 2. The Morgan fingerprint density at radius 3 is 2.55 bits per heavy atom. The van der Waals surface area contributed by atoms with Crippen LogP contribution in [0, 0.1) is 5.92 Å². The number of hydrogen-bond donors (Lipinski definition) is 2. The van der Waals surface area contributed by atoms with Crippen LogP contribution in [0.2, 0.25) is 5.02 Å². The Balaban J connectivity index is 2.10. The first-order valence-electron chi connectivity index (χ1n) is 8.40. The van der Waals surface area contributed by atoms with Crippen molar-refractivity contribution in [3.63, 3.8) is 0 Å². The quantitative estimate of drug-likeness (QED) is 0.808. The third-order valence-corrected chi connectivity index (χ3v) is 5.14. The lowest BCUT2D eigenvalue weighted by atomic mass is 9.87. The Labute approximate surface area is 138 Å². The van der Waals surface area contributed by atoms with E-state index in [4.69, 9.17) is 11.6 Å². The van der Waals surface area contributed by atoms with Gasteiger partial charge in [-0.1, -0.05) is 37.1 Å². The van der Waals surface area contributed by atoms with Crippen molar-refractivity contribution in [1.29, 1.82) is 0 Å². The van der Waals surface area contributed by atoms with Crippen LogP contribution in [0.4, 0.5) is 0 Å². The minimum Gasteiger partial charge on any atom is -0.396 e. The van der Waals surface area contributed by atoms with Crippen molar-refractivity contribution in [2.24, 2.45) is 5.92 Å². The average molecular weight is 326 g/mol. The number of rotatable bonds is 7. The highest BCUT2D eigenvalue weighted by atomic mass is 35.5. The third kappa shape index (κ3) is 4.45. The molecule has 1 aromatic rings. The molecule has 0 aromatic heterocycles. The largest absolute Gasteiger partial charge is 0.396 e. The molecule has 0 radical (unpaired) electrons. The molecule has 1 saturated heterocycles. The Hall–Kier alpha value is -0.610. The van der Waals surface area contributed by atoms with E-state index in [-0.39, 0.29) is 25.2 Å². The third-order valence-electron chi connectivity index (χ3n) is 4.89. The van der Waals surface area contributed by atoms with E-state index in [1.165, 1.54) is 5.56 Å². The first-order valence-corrected chi connectivity index (χ1v) is 8.78. The van der Waals surface area contributed by atoms with E-state index in [0.29, 0.717) is 5.92 Å². The summed E-state index contributed by atoms with van der Waals surface area (Å²) in [6, 6.07) is 8.23. The molecule has 0 amide bonds. The van der Waals surface area contributed by atoms with Gasteiger partial charge in [-0.2, -0.15) is 0 Å². The van der Waals surface area contributed by atoms with Gasteiger partial charge >= 0.3 is 0 Å². The summed E-state index contributed by atoms with van der Waals surface area (Å²) in [5, 5.41) is 20.1. The molecule has 3 atom stereocenters. The van der Waals surface area contributed by atoms with Gasteiger partial charge in [-0.25, -0.2) is 0 Å². The van der Waals surface area contributed by atoms with E-state index in [1.54, 1.807) is 0 Å². The normalized spacial score (nSPS) is 24.4. The molecule has 1 aliphatic heterocycles. The lowest BCUT2D eigenvalue weighted by Gasteiger charge is -2.41. The number of aliphatic hydroxyl groups is 2. The first kappa shape index (κ1) is 17.7. The second-order valence-corrected chi connectivity index (χ2v) is 6.80. The van der Waals surface area contributed by atoms with E-state index in [2.05, 4.69) is 24.0 Å². The summed E-state index contributed by atoms with van der Waals surface area (Å²) >= 11 is 6.00. The number of halogens is 1. The molecule has 124 valence electrons. The van der Waals surface area contributed by atoms with E-state index in [1.807, 2.05) is 12.1 Å². The SMILES string of the molecule is CCCC(CN1CCC[C@@H](CO)C1CO)c1ccc(Cl)cc1. The molecular formula is C18H28ClNO2. The maximum Gasteiger partial charge on any atom is 0.0590 e. The highest BCUT2D eigenvalue weighted by Gasteiger charge is 2.31. The average Bonchev–Trinajstić information content (AvgIpc) is 2.55. The van der Waals surface area contributed by atoms with Crippen LogP contribution in [0.1, 0.15) is 44.1 Å². The molecule has 0 aliphatic carbocycles. The molecular weight excluding hydrogens is 298 g/mol. The van der Waals surface area contributed by atoms with Crippen molar-refractivity contribution in [3.05, 3.63) is 34.9 Å². The van der Waals surface area contributed by atoms with Crippen LogP contribution in [0.3, 0.4) is 0 Å². The van der Waals surface area contributed by atoms with Crippen molar-refractivity contribution in [2.75, 3.05) is 26.3 Å². The maximum atomic E-state index is 9.74. The van der Waals surface area contributed by atoms with Gasteiger partial charge in [0.2, 0.25) is 0 Å². The number of likely N-dealkylation sites (tertiary alicyclic amines) is 1. The van der Waals surface area contributed by atoms with E-state index < -0.39 is 0 Å². The number of piperidine rings is 1. The van der Waals surface area contributed by atoms with Crippen LogP contribution >= 0.6 is 11.6 Å². The summed E-state index contributed by atoms with van der Waals surface area (Å²) in [7, 11) is 0. The maximum absolute atomic E-state index is 9.74. The molecule has 1 heterocycles.